The third-order valence-electron chi connectivity index (χ3n) is 8.81. The van der Waals surface area contributed by atoms with Crippen LogP contribution in [0.5, 0.6) is 0 Å². The maximum Gasteiger partial charge on any atom is 0.130 e. The monoisotopic (exact) mass is 478 g/mol. The fourth-order valence-corrected chi connectivity index (χ4v) is 6.81. The summed E-state index contributed by atoms with van der Waals surface area (Å²) in [5.41, 5.74) is 2.00. The Bertz CT molecular complexity index is 1010. The molecule has 5 rings (SSSR count). The number of allylic oxidation sites excluding steroid dienone is 2. The first-order valence-corrected chi connectivity index (χ1v) is 13.4. The molecule has 35 heavy (non-hydrogen) atoms. The van der Waals surface area contributed by atoms with Crippen LogP contribution in [-0.2, 0) is 0 Å². The van der Waals surface area contributed by atoms with E-state index in [-0.39, 0.29) is 18.1 Å². The van der Waals surface area contributed by atoms with Crippen molar-refractivity contribution in [3.63, 3.8) is 0 Å². The van der Waals surface area contributed by atoms with E-state index in [1.165, 1.54) is 17.1 Å². The molecule has 7 nitrogen and oxygen atoms in total. The maximum absolute atomic E-state index is 11.5. The Labute approximate surface area is 210 Å². The zero-order valence-electron chi connectivity index (χ0n) is 22.1. The fourth-order valence-electron chi connectivity index (χ4n) is 6.81. The number of aromatic nitrogens is 1. The van der Waals surface area contributed by atoms with Gasteiger partial charge >= 0.3 is 0 Å². The van der Waals surface area contributed by atoms with Crippen molar-refractivity contribution in [1.29, 1.82) is 0 Å². The van der Waals surface area contributed by atoms with E-state index in [0.717, 1.165) is 51.3 Å². The molecule has 0 radical (unpaired) electrons. The number of hydrogen-bond donors (Lipinski definition) is 1. The number of piperidine rings is 1. The summed E-state index contributed by atoms with van der Waals surface area (Å²) < 4.78 is 0. The fraction of sp³-hybridized carbons (Fsp3) is 0.643. The van der Waals surface area contributed by atoms with E-state index in [0.29, 0.717) is 6.42 Å². The van der Waals surface area contributed by atoms with Crippen molar-refractivity contribution in [2.75, 3.05) is 40.3 Å². The molecule has 4 aliphatic rings. The Morgan fingerprint density at radius 3 is 2.66 bits per heavy atom. The van der Waals surface area contributed by atoms with E-state index in [9.17, 15) is 5.11 Å². The van der Waals surface area contributed by atoms with Crippen LogP contribution in [-0.4, -0.2) is 99.5 Å². The third-order valence-corrected chi connectivity index (χ3v) is 8.81. The SMILES string of the molecule is CC[C@@H](O)C1N2C(N3CCN(C)CC3)=CC=CC2=N[C@@]1(C)[C@H]1CCC[C@@H](c2ncccc2C)N1C. The van der Waals surface area contributed by atoms with Gasteiger partial charge in [0.15, 0.2) is 0 Å². The second-order valence-corrected chi connectivity index (χ2v) is 11.0. The Morgan fingerprint density at radius 2 is 1.94 bits per heavy atom. The summed E-state index contributed by atoms with van der Waals surface area (Å²) in [7, 11) is 4.43. The third kappa shape index (κ3) is 4.21. The number of aliphatic imine (C=N–C) groups is 1. The summed E-state index contributed by atoms with van der Waals surface area (Å²) in [6.45, 7) is 10.6. The summed E-state index contributed by atoms with van der Waals surface area (Å²) in [5.74, 6) is 2.18. The Morgan fingerprint density at radius 1 is 1.17 bits per heavy atom. The first-order chi connectivity index (χ1) is 16.8. The van der Waals surface area contributed by atoms with Crippen LogP contribution in [0.1, 0.15) is 56.8 Å². The minimum absolute atomic E-state index is 0.102. The molecule has 0 amide bonds. The normalized spacial score (nSPS) is 32.9. The lowest BCUT2D eigenvalue weighted by molar-refractivity contribution is -0.00688. The second-order valence-electron chi connectivity index (χ2n) is 11.0. The number of rotatable bonds is 5. The molecular formula is C28H42N6O. The quantitative estimate of drug-likeness (QED) is 0.702. The summed E-state index contributed by atoms with van der Waals surface area (Å²) in [6.07, 6.45) is 12.0. The van der Waals surface area contributed by atoms with Crippen molar-refractivity contribution in [2.45, 2.75) is 76.2 Å². The van der Waals surface area contributed by atoms with Crippen LogP contribution in [0.2, 0.25) is 0 Å². The largest absolute Gasteiger partial charge is 0.391 e. The van der Waals surface area contributed by atoms with E-state index >= 15 is 0 Å². The Balaban J connectivity index is 1.50. The highest BCUT2D eigenvalue weighted by molar-refractivity contribution is 5.98. The van der Waals surface area contributed by atoms with Crippen LogP contribution >= 0.6 is 0 Å². The standard InChI is InChI=1S/C28H42N6O/c1-6-22(35)27-28(3,23-12-7-11-21(32(23)5)26-20(2)10-9-15-29-26)30-24-13-8-14-25(34(24)27)33-18-16-31(4)17-19-33/h8-10,13-15,21-23,27,35H,6-7,11-12,16-19H2,1-5H3/t21-,22+,23+,27?,28-/m0/s1. The Kier molecular flexibility index (Phi) is 6.77. The first kappa shape index (κ1) is 24.5. The minimum Gasteiger partial charge on any atom is -0.391 e. The molecular weight excluding hydrogens is 436 g/mol. The number of fused-ring (bicyclic) bond motifs is 1. The first-order valence-electron chi connectivity index (χ1n) is 13.4. The van der Waals surface area contributed by atoms with Gasteiger partial charge in [-0.25, -0.2) is 0 Å². The maximum atomic E-state index is 11.5. The van der Waals surface area contributed by atoms with Crippen molar-refractivity contribution in [2.24, 2.45) is 4.99 Å². The van der Waals surface area contributed by atoms with Gasteiger partial charge < -0.3 is 19.8 Å². The van der Waals surface area contributed by atoms with Crippen molar-refractivity contribution in [3.8, 4) is 0 Å². The zero-order valence-corrected chi connectivity index (χ0v) is 22.1. The van der Waals surface area contributed by atoms with E-state index in [1.54, 1.807) is 0 Å². The lowest BCUT2D eigenvalue weighted by Gasteiger charge is -2.51. The number of aliphatic hydroxyl groups is 1. The molecule has 1 aromatic heterocycles. The van der Waals surface area contributed by atoms with Crippen LogP contribution in [0.4, 0.5) is 0 Å². The van der Waals surface area contributed by atoms with Crippen molar-refractivity contribution in [1.82, 2.24) is 24.6 Å². The van der Waals surface area contributed by atoms with Crippen LogP contribution in [0.25, 0.3) is 0 Å². The molecule has 190 valence electrons. The number of hydrogen-bond acceptors (Lipinski definition) is 7. The van der Waals surface area contributed by atoms with Crippen molar-refractivity contribution < 1.29 is 5.11 Å². The summed E-state index contributed by atoms with van der Waals surface area (Å²) in [5, 5.41) is 11.5. The van der Waals surface area contributed by atoms with E-state index in [2.05, 4.69) is 78.8 Å². The van der Waals surface area contributed by atoms with Gasteiger partial charge in [-0.15, -0.1) is 0 Å². The topological polar surface area (TPSA) is 58.4 Å². The number of pyridine rings is 1. The lowest BCUT2D eigenvalue weighted by atomic mass is 9.75. The van der Waals surface area contributed by atoms with E-state index in [1.807, 2.05) is 12.3 Å². The molecule has 5 heterocycles. The number of aliphatic hydroxyl groups excluding tert-OH is 1. The summed E-state index contributed by atoms with van der Waals surface area (Å²) in [6, 6.07) is 4.57. The van der Waals surface area contributed by atoms with E-state index in [4.69, 9.17) is 9.98 Å². The van der Waals surface area contributed by atoms with Crippen molar-refractivity contribution in [3.05, 3.63) is 53.6 Å². The molecule has 2 fully saturated rings. The van der Waals surface area contributed by atoms with Gasteiger partial charge in [0.2, 0.25) is 0 Å². The molecule has 5 atom stereocenters. The van der Waals surface area contributed by atoms with Crippen molar-refractivity contribution >= 4 is 5.84 Å². The van der Waals surface area contributed by atoms with Gasteiger partial charge in [-0.1, -0.05) is 19.1 Å². The molecule has 0 saturated carbocycles. The molecule has 4 aliphatic heterocycles. The molecule has 1 unspecified atom stereocenters. The zero-order chi connectivity index (χ0) is 24.7. The molecule has 0 aromatic carbocycles. The average Bonchev–Trinajstić information content (AvgIpc) is 3.17. The van der Waals surface area contributed by atoms with Gasteiger partial charge in [0.25, 0.3) is 0 Å². The highest BCUT2D eigenvalue weighted by Crippen LogP contribution is 2.46. The van der Waals surface area contributed by atoms with Crippen LogP contribution in [0.3, 0.4) is 0 Å². The van der Waals surface area contributed by atoms with Gasteiger partial charge in [0.1, 0.15) is 11.7 Å². The van der Waals surface area contributed by atoms with Gasteiger partial charge in [-0.2, -0.15) is 0 Å². The van der Waals surface area contributed by atoms with Gasteiger partial charge in [-0.05, 0) is 77.4 Å². The summed E-state index contributed by atoms with van der Waals surface area (Å²) >= 11 is 0. The van der Waals surface area contributed by atoms with Gasteiger partial charge in [0.05, 0.1) is 29.4 Å². The second kappa shape index (κ2) is 9.68. The number of aryl methyl sites for hydroxylation is 1. The minimum atomic E-state index is -0.464. The highest BCUT2D eigenvalue weighted by atomic mass is 16.3. The number of likely N-dealkylation sites (N-methyl/N-ethyl adjacent to an activating group) is 2. The number of amidine groups is 1. The molecule has 0 aliphatic carbocycles. The smallest absolute Gasteiger partial charge is 0.130 e. The summed E-state index contributed by atoms with van der Waals surface area (Å²) in [4.78, 5) is 20.0. The predicted molar refractivity (Wildman–Crippen MR) is 141 cm³/mol. The van der Waals surface area contributed by atoms with E-state index < -0.39 is 11.6 Å². The highest BCUT2D eigenvalue weighted by Gasteiger charge is 2.56. The molecule has 1 aromatic rings. The molecule has 0 bridgehead atoms. The van der Waals surface area contributed by atoms with Gasteiger partial charge in [-0.3, -0.25) is 14.9 Å². The van der Waals surface area contributed by atoms with Crippen LogP contribution in [0.15, 0.2) is 47.4 Å². The van der Waals surface area contributed by atoms with Crippen LogP contribution < -0.4 is 0 Å². The number of nitrogens with zero attached hydrogens (tertiary/aromatic N) is 6. The molecule has 1 N–H and O–H groups in total. The molecule has 7 heteroatoms. The molecule has 0 spiro atoms. The average molecular weight is 479 g/mol. The van der Waals surface area contributed by atoms with Gasteiger partial charge in [0, 0.05) is 38.4 Å². The lowest BCUT2D eigenvalue weighted by Crippen LogP contribution is -2.63. The number of likely N-dealkylation sites (tertiary alicyclic amines) is 1. The van der Waals surface area contributed by atoms with Crippen LogP contribution in [0, 0.1) is 6.92 Å². The number of piperazine rings is 1. The Hall–Kier alpha value is -2.22. The molecule has 2 saturated heterocycles. The predicted octanol–water partition coefficient (Wildman–Crippen LogP) is 3.19.